The largest absolute Gasteiger partial charge is 0.465 e. The molecule has 0 fully saturated rings. The van der Waals surface area contributed by atoms with Crippen molar-refractivity contribution in [3.8, 4) is 6.07 Å². The first-order valence-electron chi connectivity index (χ1n) is 4.76. The molecule has 1 N–H and O–H groups in total. The van der Waals surface area contributed by atoms with Crippen LogP contribution in [0, 0.1) is 11.3 Å². The molecule has 0 unspecified atom stereocenters. The SMILES string of the molecule is CCOC(=O)CNc1ccc(C#N)cc1Br. The molecule has 1 rings (SSSR count). The highest BCUT2D eigenvalue weighted by atomic mass is 79.9. The topological polar surface area (TPSA) is 62.1 Å². The van der Waals surface area contributed by atoms with Gasteiger partial charge in [-0.15, -0.1) is 0 Å². The van der Waals surface area contributed by atoms with E-state index in [1.54, 1.807) is 25.1 Å². The van der Waals surface area contributed by atoms with E-state index < -0.39 is 0 Å². The van der Waals surface area contributed by atoms with Crippen molar-refractivity contribution < 1.29 is 9.53 Å². The molecule has 0 radical (unpaired) electrons. The minimum Gasteiger partial charge on any atom is -0.465 e. The Bertz CT molecular complexity index is 426. The number of nitrogens with one attached hydrogen (secondary N) is 1. The number of rotatable bonds is 4. The number of halogens is 1. The second-order valence-electron chi connectivity index (χ2n) is 2.97. The van der Waals surface area contributed by atoms with Crippen molar-refractivity contribution in [1.29, 1.82) is 5.26 Å². The first kappa shape index (κ1) is 12.5. The van der Waals surface area contributed by atoms with Crippen molar-refractivity contribution >= 4 is 27.6 Å². The van der Waals surface area contributed by atoms with Gasteiger partial charge in [0.1, 0.15) is 6.54 Å². The summed E-state index contributed by atoms with van der Waals surface area (Å²) in [5, 5.41) is 11.6. The second kappa shape index (κ2) is 6.13. The lowest BCUT2D eigenvalue weighted by molar-refractivity contribution is -0.140. The summed E-state index contributed by atoms with van der Waals surface area (Å²) in [6.07, 6.45) is 0. The van der Waals surface area contributed by atoms with Crippen LogP contribution in [-0.2, 0) is 9.53 Å². The lowest BCUT2D eigenvalue weighted by Crippen LogP contribution is -2.16. The van der Waals surface area contributed by atoms with Crippen LogP contribution in [0.5, 0.6) is 0 Å². The Morgan fingerprint density at radius 1 is 1.62 bits per heavy atom. The van der Waals surface area contributed by atoms with Gasteiger partial charge in [0.15, 0.2) is 0 Å². The van der Waals surface area contributed by atoms with Crippen molar-refractivity contribution in [2.45, 2.75) is 6.92 Å². The monoisotopic (exact) mass is 282 g/mol. The molecule has 0 aliphatic rings. The molecule has 16 heavy (non-hydrogen) atoms. The average molecular weight is 283 g/mol. The van der Waals surface area contributed by atoms with Crippen molar-refractivity contribution in [3.05, 3.63) is 28.2 Å². The Kier molecular flexibility index (Phi) is 4.80. The molecule has 0 amide bonds. The molecule has 0 bridgehead atoms. The molecular formula is C11H11BrN2O2. The molecule has 0 saturated heterocycles. The lowest BCUT2D eigenvalue weighted by Gasteiger charge is -2.07. The van der Waals surface area contributed by atoms with Gasteiger partial charge < -0.3 is 10.1 Å². The predicted molar refractivity (Wildman–Crippen MR) is 64.0 cm³/mol. The Labute approximate surface area is 102 Å². The number of carbonyl (C=O) groups is 1. The predicted octanol–water partition coefficient (Wildman–Crippen LogP) is 2.30. The van der Waals surface area contributed by atoms with E-state index in [1.165, 1.54) is 0 Å². The van der Waals surface area contributed by atoms with E-state index in [2.05, 4.69) is 21.2 Å². The van der Waals surface area contributed by atoms with Crippen LogP contribution >= 0.6 is 15.9 Å². The first-order chi connectivity index (χ1) is 7.67. The molecule has 1 aromatic carbocycles. The van der Waals surface area contributed by atoms with Gasteiger partial charge in [0.05, 0.1) is 18.2 Å². The van der Waals surface area contributed by atoms with Crippen LogP contribution in [0.2, 0.25) is 0 Å². The molecule has 0 heterocycles. The van der Waals surface area contributed by atoms with Crippen LogP contribution in [0.4, 0.5) is 5.69 Å². The van der Waals surface area contributed by atoms with Gasteiger partial charge in [-0.25, -0.2) is 0 Å². The summed E-state index contributed by atoms with van der Waals surface area (Å²) in [6.45, 7) is 2.24. The number of hydrogen-bond acceptors (Lipinski definition) is 4. The quantitative estimate of drug-likeness (QED) is 0.861. The molecule has 0 saturated carbocycles. The summed E-state index contributed by atoms with van der Waals surface area (Å²) >= 11 is 3.31. The maximum Gasteiger partial charge on any atom is 0.325 e. The van der Waals surface area contributed by atoms with Gasteiger partial charge in [-0.3, -0.25) is 4.79 Å². The van der Waals surface area contributed by atoms with Crippen LogP contribution in [-0.4, -0.2) is 19.1 Å². The summed E-state index contributed by atoms with van der Waals surface area (Å²) < 4.78 is 5.53. The molecule has 0 aliphatic heterocycles. The van der Waals surface area contributed by atoms with Crippen LogP contribution in [0.3, 0.4) is 0 Å². The summed E-state index contributed by atoms with van der Waals surface area (Å²) in [6, 6.07) is 7.14. The number of esters is 1. The third-order valence-electron chi connectivity index (χ3n) is 1.83. The van der Waals surface area contributed by atoms with Crippen LogP contribution in [0.25, 0.3) is 0 Å². The van der Waals surface area contributed by atoms with Gasteiger partial charge in [-0.2, -0.15) is 5.26 Å². The van der Waals surface area contributed by atoms with E-state index in [4.69, 9.17) is 10.00 Å². The number of ether oxygens (including phenoxy) is 1. The number of benzene rings is 1. The van der Waals surface area contributed by atoms with E-state index in [0.29, 0.717) is 12.2 Å². The van der Waals surface area contributed by atoms with Crippen LogP contribution in [0.1, 0.15) is 12.5 Å². The number of nitrogens with zero attached hydrogens (tertiary/aromatic N) is 1. The fraction of sp³-hybridized carbons (Fsp3) is 0.273. The Balaban J connectivity index is 2.62. The third kappa shape index (κ3) is 3.55. The molecule has 4 nitrogen and oxygen atoms in total. The summed E-state index contributed by atoms with van der Waals surface area (Å²) in [5.74, 6) is -0.307. The van der Waals surface area contributed by atoms with Gasteiger partial charge in [-0.05, 0) is 41.1 Å². The molecule has 0 aliphatic carbocycles. The van der Waals surface area contributed by atoms with Gasteiger partial charge in [0, 0.05) is 10.2 Å². The van der Waals surface area contributed by atoms with E-state index in [1.807, 2.05) is 6.07 Å². The second-order valence-corrected chi connectivity index (χ2v) is 3.82. The fourth-order valence-electron chi connectivity index (χ4n) is 1.11. The smallest absolute Gasteiger partial charge is 0.325 e. The Morgan fingerprint density at radius 2 is 2.38 bits per heavy atom. The number of hydrogen-bond donors (Lipinski definition) is 1. The molecule has 84 valence electrons. The van der Waals surface area contributed by atoms with E-state index in [0.717, 1.165) is 10.2 Å². The third-order valence-corrected chi connectivity index (χ3v) is 2.48. The van der Waals surface area contributed by atoms with Crippen LogP contribution < -0.4 is 5.32 Å². The van der Waals surface area contributed by atoms with Gasteiger partial charge in [-0.1, -0.05) is 0 Å². The lowest BCUT2D eigenvalue weighted by atomic mass is 10.2. The van der Waals surface area contributed by atoms with Crippen LogP contribution in [0.15, 0.2) is 22.7 Å². The zero-order chi connectivity index (χ0) is 12.0. The minimum atomic E-state index is -0.307. The zero-order valence-electron chi connectivity index (χ0n) is 8.79. The average Bonchev–Trinajstić information content (AvgIpc) is 2.27. The molecule has 0 atom stereocenters. The normalized spacial score (nSPS) is 9.31. The highest BCUT2D eigenvalue weighted by Gasteiger charge is 2.04. The van der Waals surface area contributed by atoms with E-state index in [9.17, 15) is 4.79 Å². The number of nitriles is 1. The van der Waals surface area contributed by atoms with E-state index in [-0.39, 0.29) is 12.5 Å². The summed E-state index contributed by atoms with van der Waals surface area (Å²) in [7, 11) is 0. The maximum atomic E-state index is 11.1. The highest BCUT2D eigenvalue weighted by Crippen LogP contribution is 2.23. The first-order valence-corrected chi connectivity index (χ1v) is 5.55. The molecule has 0 aromatic heterocycles. The number of anilines is 1. The van der Waals surface area contributed by atoms with Crippen molar-refractivity contribution in [3.63, 3.8) is 0 Å². The maximum absolute atomic E-state index is 11.1. The van der Waals surface area contributed by atoms with Gasteiger partial charge >= 0.3 is 5.97 Å². The van der Waals surface area contributed by atoms with Crippen molar-refractivity contribution in [1.82, 2.24) is 0 Å². The standard InChI is InChI=1S/C11H11BrN2O2/c1-2-16-11(15)7-14-10-4-3-8(6-13)5-9(10)12/h3-5,14H,2,7H2,1H3. The summed E-state index contributed by atoms with van der Waals surface area (Å²) in [5.41, 5.74) is 1.32. The molecule has 1 aromatic rings. The van der Waals surface area contributed by atoms with Gasteiger partial charge in [0.2, 0.25) is 0 Å². The van der Waals surface area contributed by atoms with Crippen molar-refractivity contribution in [2.75, 3.05) is 18.5 Å². The highest BCUT2D eigenvalue weighted by molar-refractivity contribution is 9.10. The van der Waals surface area contributed by atoms with E-state index >= 15 is 0 Å². The fourth-order valence-corrected chi connectivity index (χ4v) is 1.63. The Morgan fingerprint density at radius 3 is 2.94 bits per heavy atom. The van der Waals surface area contributed by atoms with Gasteiger partial charge in [0.25, 0.3) is 0 Å². The molecule has 5 heteroatoms. The molecule has 0 spiro atoms. The summed E-state index contributed by atoms with van der Waals surface area (Å²) in [4.78, 5) is 11.1. The Hall–Kier alpha value is -1.54. The zero-order valence-corrected chi connectivity index (χ0v) is 10.4. The minimum absolute atomic E-state index is 0.109. The molecular weight excluding hydrogens is 272 g/mol. The number of carbonyl (C=O) groups excluding carboxylic acids is 1. The van der Waals surface area contributed by atoms with Crippen molar-refractivity contribution in [2.24, 2.45) is 0 Å².